The monoisotopic (exact) mass is 344 g/mol. The Balaban J connectivity index is 1.95. The lowest BCUT2D eigenvalue weighted by Crippen LogP contribution is -2.47. The standard InChI is InChI=1S/C18H24N4O3/c1-18(2,12-20-21-19)17(24)22-10-8-14(9-11-22)16(23)13-4-6-15(25-3)7-5-13/h4-7,14H,8-12H2,1-3H3. The number of hydrogen-bond donors (Lipinski definition) is 0. The van der Waals surface area contributed by atoms with Gasteiger partial charge in [0.1, 0.15) is 5.75 Å². The van der Waals surface area contributed by atoms with Crippen LogP contribution < -0.4 is 4.74 Å². The van der Waals surface area contributed by atoms with Gasteiger partial charge < -0.3 is 9.64 Å². The number of piperidine rings is 1. The number of carbonyl (C=O) groups excluding carboxylic acids is 2. The van der Waals surface area contributed by atoms with Crippen LogP contribution in [0.4, 0.5) is 0 Å². The summed E-state index contributed by atoms with van der Waals surface area (Å²) in [5.74, 6) is 0.732. The molecule has 0 radical (unpaired) electrons. The fourth-order valence-electron chi connectivity index (χ4n) is 3.04. The van der Waals surface area contributed by atoms with E-state index in [0.29, 0.717) is 31.5 Å². The number of amides is 1. The van der Waals surface area contributed by atoms with Crippen LogP contribution in [0.2, 0.25) is 0 Å². The topological polar surface area (TPSA) is 95.4 Å². The third-order valence-corrected chi connectivity index (χ3v) is 4.64. The SMILES string of the molecule is COc1ccc(C(=O)C2CCN(C(=O)C(C)(C)CN=[N+]=[N-])CC2)cc1. The highest BCUT2D eigenvalue weighted by molar-refractivity contribution is 5.98. The van der Waals surface area contributed by atoms with E-state index in [-0.39, 0.29) is 24.2 Å². The first kappa shape index (κ1) is 18.8. The van der Waals surface area contributed by atoms with E-state index in [4.69, 9.17) is 10.3 Å². The molecule has 0 spiro atoms. The zero-order valence-electron chi connectivity index (χ0n) is 14.9. The quantitative estimate of drug-likeness (QED) is 0.342. The van der Waals surface area contributed by atoms with Gasteiger partial charge in [0.25, 0.3) is 0 Å². The number of likely N-dealkylation sites (tertiary alicyclic amines) is 1. The first-order chi connectivity index (χ1) is 11.9. The maximum absolute atomic E-state index is 12.6. The van der Waals surface area contributed by atoms with Gasteiger partial charge in [-0.15, -0.1) is 0 Å². The van der Waals surface area contributed by atoms with Crippen molar-refractivity contribution in [1.29, 1.82) is 0 Å². The van der Waals surface area contributed by atoms with Crippen LogP contribution in [-0.4, -0.2) is 43.3 Å². The fraction of sp³-hybridized carbons (Fsp3) is 0.556. The minimum atomic E-state index is -0.723. The van der Waals surface area contributed by atoms with E-state index in [2.05, 4.69) is 10.0 Å². The van der Waals surface area contributed by atoms with E-state index in [9.17, 15) is 9.59 Å². The minimum absolute atomic E-state index is 0.0322. The van der Waals surface area contributed by atoms with Gasteiger partial charge in [0.2, 0.25) is 5.91 Å². The van der Waals surface area contributed by atoms with E-state index >= 15 is 0 Å². The van der Waals surface area contributed by atoms with Gasteiger partial charge in [0, 0.05) is 41.4 Å². The minimum Gasteiger partial charge on any atom is -0.497 e. The number of hydrogen-bond acceptors (Lipinski definition) is 4. The number of methoxy groups -OCH3 is 1. The average Bonchev–Trinajstić information content (AvgIpc) is 2.65. The molecule has 7 heteroatoms. The molecular weight excluding hydrogens is 320 g/mol. The molecule has 0 N–H and O–H groups in total. The van der Waals surface area contributed by atoms with Crippen molar-refractivity contribution in [2.75, 3.05) is 26.7 Å². The number of azide groups is 1. The van der Waals surface area contributed by atoms with Gasteiger partial charge in [0.05, 0.1) is 7.11 Å². The van der Waals surface area contributed by atoms with Gasteiger partial charge in [-0.2, -0.15) is 0 Å². The van der Waals surface area contributed by atoms with Gasteiger partial charge in [-0.1, -0.05) is 19.0 Å². The van der Waals surface area contributed by atoms with E-state index < -0.39 is 5.41 Å². The predicted octanol–water partition coefficient (Wildman–Crippen LogP) is 3.45. The molecule has 0 aromatic heterocycles. The third-order valence-electron chi connectivity index (χ3n) is 4.64. The first-order valence-corrected chi connectivity index (χ1v) is 8.37. The Kier molecular flexibility index (Phi) is 6.04. The molecule has 0 aliphatic carbocycles. The molecule has 1 saturated heterocycles. The van der Waals surface area contributed by atoms with Crippen molar-refractivity contribution in [2.45, 2.75) is 26.7 Å². The summed E-state index contributed by atoms with van der Waals surface area (Å²) in [5, 5.41) is 3.53. The van der Waals surface area contributed by atoms with Gasteiger partial charge in [-0.25, -0.2) is 0 Å². The Bertz CT molecular complexity index is 670. The molecule has 134 valence electrons. The molecule has 1 fully saturated rings. The summed E-state index contributed by atoms with van der Waals surface area (Å²) >= 11 is 0. The molecular formula is C18H24N4O3. The van der Waals surface area contributed by atoms with Crippen molar-refractivity contribution in [3.05, 3.63) is 40.3 Å². The molecule has 7 nitrogen and oxygen atoms in total. The maximum Gasteiger partial charge on any atom is 0.228 e. The molecule has 25 heavy (non-hydrogen) atoms. The number of ether oxygens (including phenoxy) is 1. The number of benzene rings is 1. The molecule has 1 aliphatic rings. The molecule has 0 saturated carbocycles. The molecule has 1 amide bonds. The highest BCUT2D eigenvalue weighted by atomic mass is 16.5. The lowest BCUT2D eigenvalue weighted by atomic mass is 9.86. The van der Waals surface area contributed by atoms with Crippen molar-refractivity contribution in [3.8, 4) is 5.75 Å². The van der Waals surface area contributed by atoms with Crippen molar-refractivity contribution in [3.63, 3.8) is 0 Å². The van der Waals surface area contributed by atoms with E-state index in [1.165, 1.54) is 0 Å². The normalized spacial score (nSPS) is 15.4. The summed E-state index contributed by atoms with van der Waals surface area (Å²) in [7, 11) is 1.59. The lowest BCUT2D eigenvalue weighted by Gasteiger charge is -2.36. The Labute approximate surface area is 147 Å². The van der Waals surface area contributed by atoms with Crippen molar-refractivity contribution < 1.29 is 14.3 Å². The van der Waals surface area contributed by atoms with Gasteiger partial charge >= 0.3 is 0 Å². The largest absolute Gasteiger partial charge is 0.497 e. The van der Waals surface area contributed by atoms with Gasteiger partial charge in [-0.05, 0) is 42.6 Å². The molecule has 2 rings (SSSR count). The summed E-state index contributed by atoms with van der Waals surface area (Å²) < 4.78 is 5.11. The number of rotatable bonds is 6. The second-order valence-corrected chi connectivity index (χ2v) is 6.93. The third kappa shape index (κ3) is 4.51. The smallest absolute Gasteiger partial charge is 0.228 e. The Morgan fingerprint density at radius 1 is 1.28 bits per heavy atom. The maximum atomic E-state index is 12.6. The molecule has 0 bridgehead atoms. The van der Waals surface area contributed by atoms with E-state index in [0.717, 1.165) is 5.75 Å². The lowest BCUT2D eigenvalue weighted by molar-refractivity contribution is -0.141. The summed E-state index contributed by atoms with van der Waals surface area (Å²) in [6.07, 6.45) is 1.29. The second-order valence-electron chi connectivity index (χ2n) is 6.93. The second kappa shape index (κ2) is 8.03. The summed E-state index contributed by atoms with van der Waals surface area (Å²) in [5.41, 5.74) is 8.40. The molecule has 1 aromatic carbocycles. The van der Waals surface area contributed by atoms with E-state index in [1.54, 1.807) is 50.1 Å². The van der Waals surface area contributed by atoms with Crippen LogP contribution in [0.5, 0.6) is 5.75 Å². The fourth-order valence-corrected chi connectivity index (χ4v) is 3.04. The van der Waals surface area contributed by atoms with Crippen LogP contribution in [-0.2, 0) is 4.79 Å². The molecule has 0 atom stereocenters. The molecule has 1 aliphatic heterocycles. The van der Waals surface area contributed by atoms with Crippen LogP contribution in [0.25, 0.3) is 10.4 Å². The number of Topliss-reactive ketones (excluding diaryl/α,β-unsaturated/α-hetero) is 1. The van der Waals surface area contributed by atoms with Crippen LogP contribution in [0.3, 0.4) is 0 Å². The van der Waals surface area contributed by atoms with Gasteiger partial charge in [-0.3, -0.25) is 9.59 Å². The molecule has 0 unspecified atom stereocenters. The highest BCUT2D eigenvalue weighted by Gasteiger charge is 2.35. The Morgan fingerprint density at radius 2 is 1.88 bits per heavy atom. The highest BCUT2D eigenvalue weighted by Crippen LogP contribution is 2.27. The van der Waals surface area contributed by atoms with Crippen LogP contribution in [0, 0.1) is 11.3 Å². The van der Waals surface area contributed by atoms with Gasteiger partial charge in [0.15, 0.2) is 5.78 Å². The van der Waals surface area contributed by atoms with E-state index in [1.807, 2.05) is 0 Å². The molecule has 1 heterocycles. The van der Waals surface area contributed by atoms with Crippen LogP contribution in [0.15, 0.2) is 29.4 Å². The Morgan fingerprint density at radius 3 is 2.40 bits per heavy atom. The van der Waals surface area contributed by atoms with Crippen LogP contribution >= 0.6 is 0 Å². The predicted molar refractivity (Wildman–Crippen MR) is 94.4 cm³/mol. The summed E-state index contributed by atoms with van der Waals surface area (Å²) in [4.78, 5) is 29.7. The van der Waals surface area contributed by atoms with Crippen molar-refractivity contribution >= 4 is 11.7 Å². The zero-order chi connectivity index (χ0) is 18.4. The average molecular weight is 344 g/mol. The Hall–Kier alpha value is -2.53. The molecule has 1 aromatic rings. The summed E-state index contributed by atoms with van der Waals surface area (Å²) in [6, 6.07) is 7.12. The summed E-state index contributed by atoms with van der Waals surface area (Å²) in [6.45, 7) is 4.78. The van der Waals surface area contributed by atoms with Crippen molar-refractivity contribution in [2.24, 2.45) is 16.4 Å². The van der Waals surface area contributed by atoms with Crippen molar-refractivity contribution in [1.82, 2.24) is 4.90 Å². The van der Waals surface area contributed by atoms with Crippen LogP contribution in [0.1, 0.15) is 37.0 Å². The first-order valence-electron chi connectivity index (χ1n) is 8.37. The zero-order valence-corrected chi connectivity index (χ0v) is 14.9. The number of carbonyl (C=O) groups is 2. The number of nitrogens with zero attached hydrogens (tertiary/aromatic N) is 4. The number of ketones is 1.